The van der Waals surface area contributed by atoms with Crippen LogP contribution in [0, 0.1) is 0 Å². The molecule has 1 aliphatic rings. The number of fused-ring (bicyclic) bond motifs is 1. The molecule has 146 valence electrons. The molecule has 1 heterocycles. The first-order valence-corrected chi connectivity index (χ1v) is 10.4. The third-order valence-corrected chi connectivity index (χ3v) is 6.71. The van der Waals surface area contributed by atoms with Crippen LogP contribution in [0.15, 0.2) is 30.3 Å². The molecule has 0 amide bonds. The number of aromatic hydroxyl groups is 1. The van der Waals surface area contributed by atoms with Crippen LogP contribution < -0.4 is 4.74 Å². The summed E-state index contributed by atoms with van der Waals surface area (Å²) in [5.41, 5.74) is 0.625. The molecular weight excluding hydrogens is 370 g/mol. The fraction of sp³-hybridized carbons (Fsp3) is 0.421. The maximum absolute atomic E-state index is 11.9. The lowest BCUT2D eigenvalue weighted by Crippen LogP contribution is -2.39. The first-order chi connectivity index (χ1) is 12.8. The van der Waals surface area contributed by atoms with Gasteiger partial charge in [0.2, 0.25) is 0 Å². The molecule has 0 unspecified atom stereocenters. The summed E-state index contributed by atoms with van der Waals surface area (Å²) in [5.74, 6) is 0.393. The van der Waals surface area contributed by atoms with Gasteiger partial charge in [-0.3, -0.25) is 9.69 Å². The van der Waals surface area contributed by atoms with Crippen molar-refractivity contribution in [1.82, 2.24) is 4.90 Å². The normalized spacial score (nSPS) is 18.7. The third-order valence-electron chi connectivity index (χ3n) is 4.96. The molecule has 0 aromatic heterocycles. The second-order valence-corrected chi connectivity index (χ2v) is 8.92. The summed E-state index contributed by atoms with van der Waals surface area (Å²) in [4.78, 5) is 13.7. The van der Waals surface area contributed by atoms with Gasteiger partial charge in [0.1, 0.15) is 11.5 Å². The molecule has 2 aromatic carbocycles. The van der Waals surface area contributed by atoms with Crippen molar-refractivity contribution in [1.29, 1.82) is 0 Å². The van der Waals surface area contributed by atoms with Crippen LogP contribution in [-0.2, 0) is 25.9 Å². The number of sulfone groups is 1. The molecular formula is C19H23NO6S. The van der Waals surface area contributed by atoms with E-state index < -0.39 is 15.8 Å². The van der Waals surface area contributed by atoms with Gasteiger partial charge in [0, 0.05) is 18.2 Å². The van der Waals surface area contributed by atoms with Crippen molar-refractivity contribution in [3.8, 4) is 11.5 Å². The summed E-state index contributed by atoms with van der Waals surface area (Å²) in [6.07, 6.45) is 0.453. The van der Waals surface area contributed by atoms with Crippen LogP contribution in [0.25, 0.3) is 10.8 Å². The first-order valence-electron chi connectivity index (χ1n) is 8.63. The Morgan fingerprint density at radius 2 is 2.00 bits per heavy atom. The van der Waals surface area contributed by atoms with E-state index in [9.17, 15) is 18.3 Å². The highest BCUT2D eigenvalue weighted by atomic mass is 32.2. The molecule has 0 spiro atoms. The molecule has 0 saturated carbocycles. The standard InChI is InChI=1S/C19H23NO6S/c1-25-15-5-3-13-4-6-18(21)17(16(13)9-15)10-20(11-19(22)26-2)14-7-8-27(23,24)12-14/h3-6,9,14,21H,7-8,10-12H2,1-2H3/t14-/m1/s1. The smallest absolute Gasteiger partial charge is 0.319 e. The molecule has 1 fully saturated rings. The molecule has 2 aromatic rings. The van der Waals surface area contributed by atoms with Crippen LogP contribution >= 0.6 is 0 Å². The number of nitrogens with zero attached hydrogens (tertiary/aromatic N) is 1. The molecule has 1 aliphatic heterocycles. The van der Waals surface area contributed by atoms with Crippen LogP contribution in [0.4, 0.5) is 0 Å². The van der Waals surface area contributed by atoms with Gasteiger partial charge in [-0.15, -0.1) is 0 Å². The zero-order valence-electron chi connectivity index (χ0n) is 15.3. The van der Waals surface area contributed by atoms with Gasteiger partial charge < -0.3 is 14.6 Å². The molecule has 1 saturated heterocycles. The fourth-order valence-electron chi connectivity index (χ4n) is 3.45. The highest BCUT2D eigenvalue weighted by molar-refractivity contribution is 7.91. The number of esters is 1. The maximum atomic E-state index is 11.9. The molecule has 7 nitrogen and oxygen atoms in total. The van der Waals surface area contributed by atoms with Crippen LogP contribution in [0.3, 0.4) is 0 Å². The number of phenols is 1. The van der Waals surface area contributed by atoms with Crippen molar-refractivity contribution in [2.24, 2.45) is 0 Å². The minimum Gasteiger partial charge on any atom is -0.508 e. The van der Waals surface area contributed by atoms with Gasteiger partial charge in [-0.2, -0.15) is 0 Å². The molecule has 0 aliphatic carbocycles. The SMILES string of the molecule is COC(=O)CN(Cc1c(O)ccc2ccc(OC)cc12)[C@@H]1CCS(=O)(=O)C1. The second kappa shape index (κ2) is 7.74. The zero-order chi connectivity index (χ0) is 19.6. The first kappa shape index (κ1) is 19.4. The van der Waals surface area contributed by atoms with E-state index in [4.69, 9.17) is 9.47 Å². The number of carbonyl (C=O) groups is 1. The van der Waals surface area contributed by atoms with Crippen molar-refractivity contribution in [2.45, 2.75) is 19.0 Å². The van der Waals surface area contributed by atoms with E-state index in [1.54, 1.807) is 24.1 Å². The van der Waals surface area contributed by atoms with E-state index in [-0.39, 0.29) is 36.4 Å². The topological polar surface area (TPSA) is 93.1 Å². The highest BCUT2D eigenvalue weighted by Crippen LogP contribution is 2.32. The average molecular weight is 393 g/mol. The van der Waals surface area contributed by atoms with Crippen LogP contribution in [0.1, 0.15) is 12.0 Å². The van der Waals surface area contributed by atoms with Crippen molar-refractivity contribution in [3.63, 3.8) is 0 Å². The Morgan fingerprint density at radius 3 is 2.63 bits per heavy atom. The second-order valence-electron chi connectivity index (χ2n) is 6.69. The summed E-state index contributed by atoms with van der Waals surface area (Å²) in [6.45, 7) is 0.183. The Kier molecular flexibility index (Phi) is 5.57. The number of hydrogen-bond acceptors (Lipinski definition) is 7. The zero-order valence-corrected chi connectivity index (χ0v) is 16.2. The molecule has 3 rings (SSSR count). The van der Waals surface area contributed by atoms with Crippen molar-refractivity contribution < 1.29 is 27.8 Å². The van der Waals surface area contributed by atoms with E-state index in [0.29, 0.717) is 17.7 Å². The number of hydrogen-bond donors (Lipinski definition) is 1. The number of methoxy groups -OCH3 is 2. The van der Waals surface area contributed by atoms with E-state index >= 15 is 0 Å². The summed E-state index contributed by atoms with van der Waals surface area (Å²) in [6, 6.07) is 8.66. The van der Waals surface area contributed by atoms with Crippen LogP contribution in [-0.4, -0.2) is 62.7 Å². The molecule has 8 heteroatoms. The Bertz CT molecular complexity index is 956. The van der Waals surface area contributed by atoms with Gasteiger partial charge in [-0.1, -0.05) is 12.1 Å². The quantitative estimate of drug-likeness (QED) is 0.747. The predicted octanol–water partition coefficient (Wildman–Crippen LogP) is 1.72. The van der Waals surface area contributed by atoms with Crippen molar-refractivity contribution >= 4 is 26.6 Å². The molecule has 1 N–H and O–H groups in total. The fourth-order valence-corrected chi connectivity index (χ4v) is 5.22. The van der Waals surface area contributed by atoms with Gasteiger partial charge >= 0.3 is 5.97 Å². The van der Waals surface area contributed by atoms with Gasteiger partial charge in [0.05, 0.1) is 32.3 Å². The van der Waals surface area contributed by atoms with E-state index in [1.807, 2.05) is 18.2 Å². The van der Waals surface area contributed by atoms with E-state index in [2.05, 4.69) is 0 Å². The molecule has 0 radical (unpaired) electrons. The van der Waals surface area contributed by atoms with Gasteiger partial charge in [-0.05, 0) is 35.4 Å². The number of rotatable bonds is 6. The van der Waals surface area contributed by atoms with Gasteiger partial charge in [0.15, 0.2) is 9.84 Å². The lowest BCUT2D eigenvalue weighted by molar-refractivity contribution is -0.142. The van der Waals surface area contributed by atoms with Crippen molar-refractivity contribution in [2.75, 3.05) is 32.3 Å². The molecule has 1 atom stereocenters. The maximum Gasteiger partial charge on any atom is 0.319 e. The summed E-state index contributed by atoms with van der Waals surface area (Å²) >= 11 is 0. The number of benzene rings is 2. The number of phenolic OH excluding ortho intramolecular Hbond substituents is 1. The van der Waals surface area contributed by atoms with E-state index in [1.165, 1.54) is 7.11 Å². The Balaban J connectivity index is 1.99. The predicted molar refractivity (Wildman–Crippen MR) is 102 cm³/mol. The molecule has 27 heavy (non-hydrogen) atoms. The van der Waals surface area contributed by atoms with Crippen molar-refractivity contribution in [3.05, 3.63) is 35.9 Å². The lowest BCUT2D eigenvalue weighted by atomic mass is 10.0. The van der Waals surface area contributed by atoms with Crippen LogP contribution in [0.5, 0.6) is 11.5 Å². The summed E-state index contributed by atoms with van der Waals surface area (Å²) in [7, 11) is -0.251. The van der Waals surface area contributed by atoms with E-state index in [0.717, 1.165) is 10.8 Å². The average Bonchev–Trinajstić information content (AvgIpc) is 3.02. The summed E-state index contributed by atoms with van der Waals surface area (Å²) < 4.78 is 33.9. The minimum absolute atomic E-state index is 0.00115. The number of carbonyl (C=O) groups excluding carboxylic acids is 1. The Labute approximate surface area is 158 Å². The summed E-state index contributed by atoms with van der Waals surface area (Å²) in [5, 5.41) is 12.2. The monoisotopic (exact) mass is 393 g/mol. The Morgan fingerprint density at radius 1 is 1.26 bits per heavy atom. The van der Waals surface area contributed by atoms with Crippen LogP contribution in [0.2, 0.25) is 0 Å². The largest absolute Gasteiger partial charge is 0.508 e. The third kappa shape index (κ3) is 4.33. The Hall–Kier alpha value is -2.32. The molecule has 0 bridgehead atoms. The van der Waals surface area contributed by atoms with Gasteiger partial charge in [-0.25, -0.2) is 8.42 Å². The van der Waals surface area contributed by atoms with Gasteiger partial charge in [0.25, 0.3) is 0 Å². The lowest BCUT2D eigenvalue weighted by Gasteiger charge is -2.27. The minimum atomic E-state index is -3.11. The number of ether oxygens (including phenoxy) is 2. The highest BCUT2D eigenvalue weighted by Gasteiger charge is 2.33.